The molecule has 1 aliphatic heterocycles. The van der Waals surface area contributed by atoms with Gasteiger partial charge in [-0.25, -0.2) is 9.78 Å². The highest BCUT2D eigenvalue weighted by Gasteiger charge is 2.58. The van der Waals surface area contributed by atoms with Crippen LogP contribution in [-0.4, -0.2) is 45.9 Å². The number of hydrogen-bond acceptors (Lipinski definition) is 6. The highest BCUT2D eigenvalue weighted by Crippen LogP contribution is 2.52. The number of nitrogens with zero attached hydrogens (tertiary/aromatic N) is 3. The predicted molar refractivity (Wildman–Crippen MR) is 108 cm³/mol. The van der Waals surface area contributed by atoms with Crippen molar-refractivity contribution in [3.05, 3.63) is 29.6 Å². The molecule has 0 spiro atoms. The van der Waals surface area contributed by atoms with E-state index >= 15 is 0 Å². The maximum atomic E-state index is 12.5. The third-order valence-corrected chi connectivity index (χ3v) is 6.45. The highest BCUT2D eigenvalue weighted by molar-refractivity contribution is 5.99. The average Bonchev–Trinajstić information content (AvgIpc) is 3.21. The van der Waals surface area contributed by atoms with E-state index in [2.05, 4.69) is 25.1 Å². The van der Waals surface area contributed by atoms with Crippen molar-refractivity contribution in [3.8, 4) is 0 Å². The number of nitrogens with two attached hydrogens (primary N) is 1. The molecule has 0 amide bonds. The molecule has 0 aromatic carbocycles. The monoisotopic (exact) mass is 400 g/mol. The molecule has 1 saturated carbocycles. The van der Waals surface area contributed by atoms with Crippen molar-refractivity contribution in [1.82, 2.24) is 9.55 Å². The van der Waals surface area contributed by atoms with Crippen LogP contribution in [0.25, 0.3) is 11.0 Å². The number of rotatable bonds is 4. The first-order valence-electron chi connectivity index (χ1n) is 9.95. The van der Waals surface area contributed by atoms with Crippen molar-refractivity contribution >= 4 is 22.8 Å². The molecule has 3 heterocycles. The largest absolute Gasteiger partial charge is 0.464 e. The molecule has 2 aliphatic rings. The van der Waals surface area contributed by atoms with Crippen LogP contribution in [0.1, 0.15) is 62.0 Å². The summed E-state index contributed by atoms with van der Waals surface area (Å²) in [5, 5.41) is 13.4. The molecule has 156 valence electrons. The van der Waals surface area contributed by atoms with Gasteiger partial charge in [0.1, 0.15) is 16.9 Å². The van der Waals surface area contributed by atoms with E-state index < -0.39 is 11.5 Å². The van der Waals surface area contributed by atoms with E-state index in [4.69, 9.17) is 20.2 Å². The number of carbonyl (C=O) groups excluding carboxylic acids is 1. The molecule has 1 aliphatic carbocycles. The van der Waals surface area contributed by atoms with E-state index in [0.29, 0.717) is 30.3 Å². The van der Waals surface area contributed by atoms with Gasteiger partial charge in [-0.1, -0.05) is 12.1 Å². The summed E-state index contributed by atoms with van der Waals surface area (Å²) >= 11 is 0. The highest BCUT2D eigenvalue weighted by atomic mass is 16.5. The van der Waals surface area contributed by atoms with Gasteiger partial charge in [0.2, 0.25) is 0 Å². The van der Waals surface area contributed by atoms with Gasteiger partial charge in [-0.05, 0) is 62.6 Å². The minimum atomic E-state index is -0.769. The lowest BCUT2D eigenvalue weighted by atomic mass is 9.84. The zero-order chi connectivity index (χ0) is 21.0. The van der Waals surface area contributed by atoms with Crippen molar-refractivity contribution in [2.45, 2.75) is 57.1 Å². The number of ether oxygens (including phenoxy) is 2. The summed E-state index contributed by atoms with van der Waals surface area (Å²) < 4.78 is 12.6. The lowest BCUT2D eigenvalue weighted by Crippen LogP contribution is -2.38. The fraction of sp³-hybridized carbons (Fsp3) is 0.571. The van der Waals surface area contributed by atoms with Crippen molar-refractivity contribution < 1.29 is 19.5 Å². The molecule has 0 bridgehead atoms. The van der Waals surface area contributed by atoms with E-state index in [0.717, 1.165) is 23.8 Å². The molecule has 8 heteroatoms. The SMILES string of the molecule is COC(=O)c1cc2cc(C3CCOC(C)(C)C3)cnc2n1C1(C(N)=NO)CC1C. The van der Waals surface area contributed by atoms with Crippen LogP contribution >= 0.6 is 0 Å². The van der Waals surface area contributed by atoms with Gasteiger partial charge in [-0.15, -0.1) is 0 Å². The van der Waals surface area contributed by atoms with E-state index in [1.54, 1.807) is 10.6 Å². The fourth-order valence-corrected chi connectivity index (χ4v) is 4.79. The van der Waals surface area contributed by atoms with Gasteiger partial charge < -0.3 is 25.0 Å². The summed E-state index contributed by atoms with van der Waals surface area (Å²) in [6.07, 6.45) is 4.38. The summed E-state index contributed by atoms with van der Waals surface area (Å²) in [4.78, 5) is 17.3. The van der Waals surface area contributed by atoms with Crippen LogP contribution in [0.3, 0.4) is 0 Å². The summed E-state index contributed by atoms with van der Waals surface area (Å²) in [5.41, 5.74) is 7.24. The fourth-order valence-electron chi connectivity index (χ4n) is 4.79. The average molecular weight is 400 g/mol. The first-order valence-corrected chi connectivity index (χ1v) is 9.95. The number of aromatic nitrogens is 2. The summed E-state index contributed by atoms with van der Waals surface area (Å²) in [7, 11) is 1.35. The van der Waals surface area contributed by atoms with Crippen LogP contribution < -0.4 is 5.73 Å². The number of oxime groups is 1. The second-order valence-electron chi connectivity index (χ2n) is 8.85. The van der Waals surface area contributed by atoms with Crippen LogP contribution in [0.4, 0.5) is 0 Å². The Kier molecular flexibility index (Phi) is 4.57. The van der Waals surface area contributed by atoms with Gasteiger partial charge >= 0.3 is 5.97 Å². The minimum absolute atomic E-state index is 0.0738. The Morgan fingerprint density at radius 1 is 1.41 bits per heavy atom. The maximum Gasteiger partial charge on any atom is 0.354 e. The first kappa shape index (κ1) is 19.7. The molecule has 4 rings (SSSR count). The van der Waals surface area contributed by atoms with Crippen molar-refractivity contribution in [2.24, 2.45) is 16.8 Å². The number of methoxy groups -OCH3 is 1. The molecular formula is C21H28N4O4. The zero-order valence-electron chi connectivity index (χ0n) is 17.3. The standard InChI is InChI=1S/C21H28N4O4/c1-12-9-21(12,19(22)24-27)25-16(18(26)28-4)8-14-7-15(11-23-17(14)25)13-5-6-29-20(2,3)10-13/h7-8,11-13,27H,5-6,9-10H2,1-4H3,(H2,22,24). The zero-order valence-corrected chi connectivity index (χ0v) is 17.3. The van der Waals surface area contributed by atoms with Crippen LogP contribution in [0.5, 0.6) is 0 Å². The number of esters is 1. The normalized spacial score (nSPS) is 29.0. The van der Waals surface area contributed by atoms with Gasteiger partial charge in [0, 0.05) is 18.2 Å². The smallest absolute Gasteiger partial charge is 0.354 e. The van der Waals surface area contributed by atoms with Crippen LogP contribution in [0.2, 0.25) is 0 Å². The molecule has 29 heavy (non-hydrogen) atoms. The Balaban J connectivity index is 1.85. The van der Waals surface area contributed by atoms with Gasteiger partial charge in [0.25, 0.3) is 0 Å². The predicted octanol–water partition coefficient (Wildman–Crippen LogP) is 2.98. The molecule has 1 saturated heterocycles. The number of pyridine rings is 1. The van der Waals surface area contributed by atoms with Crippen molar-refractivity contribution in [2.75, 3.05) is 13.7 Å². The Morgan fingerprint density at radius 2 is 2.14 bits per heavy atom. The third-order valence-electron chi connectivity index (χ3n) is 6.45. The molecule has 3 atom stereocenters. The minimum Gasteiger partial charge on any atom is -0.464 e. The molecule has 3 unspecified atom stereocenters. The van der Waals surface area contributed by atoms with Crippen LogP contribution in [0, 0.1) is 5.92 Å². The summed E-state index contributed by atoms with van der Waals surface area (Å²) in [6.45, 7) is 6.93. The Hall–Kier alpha value is -2.61. The van der Waals surface area contributed by atoms with Gasteiger partial charge in [0.05, 0.1) is 12.7 Å². The summed E-state index contributed by atoms with van der Waals surface area (Å²) in [6, 6.07) is 3.88. The van der Waals surface area contributed by atoms with Crippen LogP contribution in [0.15, 0.2) is 23.5 Å². The van der Waals surface area contributed by atoms with Crippen molar-refractivity contribution in [3.63, 3.8) is 0 Å². The first-order chi connectivity index (χ1) is 13.7. The second kappa shape index (κ2) is 6.73. The van der Waals surface area contributed by atoms with Crippen molar-refractivity contribution in [1.29, 1.82) is 0 Å². The van der Waals surface area contributed by atoms with E-state index in [1.165, 1.54) is 7.11 Å². The number of amidine groups is 1. The molecule has 3 N–H and O–H groups in total. The molecule has 8 nitrogen and oxygen atoms in total. The molecule has 2 fully saturated rings. The number of hydrogen-bond donors (Lipinski definition) is 2. The summed E-state index contributed by atoms with van der Waals surface area (Å²) in [5.74, 6) is 0.0549. The van der Waals surface area contributed by atoms with Crippen LogP contribution in [-0.2, 0) is 15.0 Å². The second-order valence-corrected chi connectivity index (χ2v) is 8.85. The third kappa shape index (κ3) is 3.06. The number of carbonyl (C=O) groups is 1. The molecular weight excluding hydrogens is 372 g/mol. The molecule has 2 aromatic heterocycles. The quantitative estimate of drug-likeness (QED) is 0.268. The Bertz CT molecular complexity index is 996. The van der Waals surface area contributed by atoms with E-state index in [-0.39, 0.29) is 17.4 Å². The maximum absolute atomic E-state index is 12.5. The lowest BCUT2D eigenvalue weighted by Gasteiger charge is -2.35. The molecule has 0 radical (unpaired) electrons. The van der Waals surface area contributed by atoms with E-state index in [1.807, 2.05) is 13.1 Å². The molecule has 2 aromatic rings. The Morgan fingerprint density at radius 3 is 2.72 bits per heavy atom. The topological polar surface area (TPSA) is 112 Å². The van der Waals surface area contributed by atoms with Gasteiger partial charge in [-0.3, -0.25) is 0 Å². The van der Waals surface area contributed by atoms with E-state index in [9.17, 15) is 10.0 Å². The Labute approximate surface area is 169 Å². The van der Waals surface area contributed by atoms with Gasteiger partial charge in [0.15, 0.2) is 5.84 Å². The van der Waals surface area contributed by atoms with Gasteiger partial charge in [-0.2, -0.15) is 0 Å². The lowest BCUT2D eigenvalue weighted by molar-refractivity contribution is -0.0593. The number of fused-ring (bicyclic) bond motifs is 1.